The first kappa shape index (κ1) is 46.1. The Hall–Kier alpha value is -3.30. The van der Waals surface area contributed by atoms with Crippen molar-refractivity contribution in [2.75, 3.05) is 53.4 Å². The molecule has 1 aliphatic heterocycles. The normalized spacial score (nSPS) is 11.7. The number of esters is 2. The van der Waals surface area contributed by atoms with Crippen LogP contribution in [-0.4, -0.2) is 125 Å². The summed E-state index contributed by atoms with van der Waals surface area (Å²) in [5.41, 5.74) is 6.53. The number of nitrogens with zero attached hydrogens (tertiary/aromatic N) is 3. The van der Waals surface area contributed by atoms with Gasteiger partial charge in [-0.2, -0.15) is 16.8 Å². The van der Waals surface area contributed by atoms with E-state index in [1.807, 2.05) is 53.5 Å². The number of carbonyl (C=O) groups excluding carboxylic acids is 4. The predicted molar refractivity (Wildman–Crippen MR) is 164 cm³/mol. The molecule has 2 amide bonds. The van der Waals surface area contributed by atoms with Crippen molar-refractivity contribution in [2.24, 2.45) is 11.6 Å². The molecule has 0 saturated carbocycles. The number of rotatable bonds is 9. The highest BCUT2D eigenvalue weighted by atomic mass is 32.1. The summed E-state index contributed by atoms with van der Waals surface area (Å²) in [4.78, 5) is 52.2. The van der Waals surface area contributed by atoms with Gasteiger partial charge in [-0.15, -0.1) is 5.59 Å². The lowest BCUT2D eigenvalue weighted by Crippen LogP contribution is -2.39. The Kier molecular flexibility index (Phi) is 25.6. The van der Waals surface area contributed by atoms with Gasteiger partial charge in [-0.25, -0.2) is 5.84 Å². The Labute approximate surface area is 270 Å². The third-order valence-corrected chi connectivity index (χ3v) is 4.73. The van der Waals surface area contributed by atoms with E-state index in [-0.39, 0.29) is 36.8 Å². The largest absolute Gasteiger partial charge is 0.459 e. The molecule has 1 aromatic carbocycles. The minimum Gasteiger partial charge on any atom is -0.459 e. The molecule has 0 aliphatic carbocycles. The van der Waals surface area contributed by atoms with Gasteiger partial charge in [0.2, 0.25) is 0 Å². The number of hydrogen-bond acceptors (Lipinski definition) is 16. The number of amides is 2. The predicted octanol–water partition coefficient (Wildman–Crippen LogP) is -0.727. The molecule has 6 N–H and O–H groups in total. The molecule has 0 unspecified atom stereocenters. The van der Waals surface area contributed by atoms with Crippen LogP contribution >= 0.6 is 0 Å². The molecule has 17 nitrogen and oxygen atoms in total. The Morgan fingerprint density at radius 1 is 0.822 bits per heavy atom. The van der Waals surface area contributed by atoms with E-state index in [0.29, 0.717) is 37.3 Å². The van der Waals surface area contributed by atoms with Crippen LogP contribution in [0.5, 0.6) is 0 Å². The average Bonchev–Trinajstić information content (AvgIpc) is 3.12. The maximum atomic E-state index is 12.2. The van der Waals surface area contributed by atoms with E-state index in [4.69, 9.17) is 37.3 Å². The van der Waals surface area contributed by atoms with E-state index >= 15 is 0 Å². The van der Waals surface area contributed by atoms with Crippen LogP contribution in [0.2, 0.25) is 0 Å². The van der Waals surface area contributed by atoms with Gasteiger partial charge in [0.05, 0.1) is 24.2 Å². The number of hydrazine groups is 1. The van der Waals surface area contributed by atoms with Gasteiger partial charge in [0.1, 0.15) is 11.2 Å². The third kappa shape index (κ3) is 24.7. The van der Waals surface area contributed by atoms with Gasteiger partial charge in [0, 0.05) is 26.2 Å². The summed E-state index contributed by atoms with van der Waals surface area (Å²) in [7, 11) is 3.60. The zero-order valence-corrected chi connectivity index (χ0v) is 28.5. The van der Waals surface area contributed by atoms with Crippen LogP contribution in [0.3, 0.4) is 0 Å². The van der Waals surface area contributed by atoms with Crippen LogP contribution < -0.4 is 17.2 Å². The van der Waals surface area contributed by atoms with Gasteiger partial charge >= 0.3 is 35.1 Å². The maximum Gasteiger partial charge on any atom is 0.335 e. The van der Waals surface area contributed by atoms with E-state index in [1.54, 1.807) is 36.2 Å². The molecular formula is C26H46N6O11S2. The van der Waals surface area contributed by atoms with Crippen LogP contribution in [0.1, 0.15) is 62.3 Å². The summed E-state index contributed by atoms with van der Waals surface area (Å²) in [6.07, 6.45) is 0. The highest BCUT2D eigenvalue weighted by Gasteiger charge is 2.34. The van der Waals surface area contributed by atoms with Gasteiger partial charge in [-0.05, 0) is 67.8 Å². The SMILES string of the molecule is CN(CCN)CC(=O)OC(C)(C)C.CN(CCN1C(=O)c2ccccc2C1=O)CC(=O)OC(C)(C)C.NNO.O=S=O.O=S=O. The molecule has 19 heteroatoms. The molecule has 45 heavy (non-hydrogen) atoms. The molecule has 0 saturated heterocycles. The number of carbonyl (C=O) groups is 4. The fourth-order valence-corrected chi connectivity index (χ4v) is 3.28. The lowest BCUT2D eigenvalue weighted by molar-refractivity contribution is -0.156. The van der Waals surface area contributed by atoms with Crippen molar-refractivity contribution >= 4 is 46.9 Å². The Balaban J connectivity index is -0.000000676. The number of hydrogen-bond donors (Lipinski definition) is 4. The van der Waals surface area contributed by atoms with Gasteiger partial charge in [-0.1, -0.05) is 12.1 Å². The maximum absolute atomic E-state index is 12.2. The molecular weight excluding hydrogens is 636 g/mol. The highest BCUT2D eigenvalue weighted by molar-refractivity contribution is 7.51. The van der Waals surface area contributed by atoms with Crippen molar-refractivity contribution in [3.63, 3.8) is 0 Å². The molecule has 0 atom stereocenters. The Morgan fingerprint density at radius 3 is 1.42 bits per heavy atom. The average molecular weight is 683 g/mol. The number of fused-ring (bicyclic) bond motifs is 1. The second kappa shape index (κ2) is 25.0. The van der Waals surface area contributed by atoms with Gasteiger partial charge < -0.3 is 20.4 Å². The van der Waals surface area contributed by atoms with Crippen LogP contribution in [0.25, 0.3) is 0 Å². The number of nitrogens with two attached hydrogens (primary N) is 2. The van der Waals surface area contributed by atoms with Crippen molar-refractivity contribution in [3.8, 4) is 0 Å². The monoisotopic (exact) mass is 682 g/mol. The number of imide groups is 1. The third-order valence-electron chi connectivity index (χ3n) is 4.73. The van der Waals surface area contributed by atoms with Crippen LogP contribution in [0.15, 0.2) is 24.3 Å². The number of nitrogens with one attached hydrogen (secondary N) is 1. The van der Waals surface area contributed by atoms with E-state index < -0.39 is 34.3 Å². The summed E-state index contributed by atoms with van der Waals surface area (Å²) in [6.45, 7) is 13.3. The zero-order valence-electron chi connectivity index (χ0n) is 26.9. The Morgan fingerprint density at radius 2 is 1.13 bits per heavy atom. The van der Waals surface area contributed by atoms with Gasteiger partial charge in [0.25, 0.3) is 11.8 Å². The fraction of sp³-hybridized carbons (Fsp3) is 0.615. The molecule has 0 spiro atoms. The van der Waals surface area contributed by atoms with E-state index in [2.05, 4.69) is 5.84 Å². The first-order valence-electron chi connectivity index (χ1n) is 13.2. The lowest BCUT2D eigenvalue weighted by atomic mass is 10.1. The van der Waals surface area contributed by atoms with Gasteiger partial charge in [-0.3, -0.25) is 33.9 Å². The van der Waals surface area contributed by atoms with Crippen molar-refractivity contribution in [1.29, 1.82) is 0 Å². The molecule has 258 valence electrons. The van der Waals surface area contributed by atoms with Crippen LogP contribution in [0, 0.1) is 0 Å². The Bertz CT molecular complexity index is 1080. The molecule has 0 fully saturated rings. The zero-order chi connectivity index (χ0) is 35.8. The second-order valence-electron chi connectivity index (χ2n) is 11.0. The molecule has 2 rings (SSSR count). The first-order chi connectivity index (χ1) is 20.8. The molecule has 1 aliphatic rings. The summed E-state index contributed by atoms with van der Waals surface area (Å²) >= 11 is -1.50. The van der Waals surface area contributed by atoms with E-state index in [9.17, 15) is 19.2 Å². The number of ether oxygens (including phenoxy) is 2. The second-order valence-corrected chi connectivity index (χ2v) is 11.3. The smallest absolute Gasteiger partial charge is 0.335 e. The number of likely N-dealkylation sites (N-methyl/N-ethyl adjacent to an activating group) is 2. The summed E-state index contributed by atoms with van der Waals surface area (Å²) < 4.78 is 43.5. The number of benzene rings is 1. The highest BCUT2D eigenvalue weighted by Crippen LogP contribution is 2.22. The summed E-state index contributed by atoms with van der Waals surface area (Å²) in [5.74, 6) is 3.05. The molecule has 1 heterocycles. The summed E-state index contributed by atoms with van der Waals surface area (Å²) in [5, 5.41) is 7.10. The molecule has 0 aromatic heterocycles. The quantitative estimate of drug-likeness (QED) is 0.108. The molecule has 1 aromatic rings. The lowest BCUT2D eigenvalue weighted by Gasteiger charge is -2.23. The van der Waals surface area contributed by atoms with Crippen molar-refractivity contribution in [2.45, 2.75) is 52.7 Å². The van der Waals surface area contributed by atoms with Crippen LogP contribution in [0.4, 0.5) is 0 Å². The standard InChI is InChI=1S/C17H22N2O4.C9H20N2O2.H4N2O.2O2S/c1-17(2,3)23-14(20)11-18(4)9-10-19-15(21)12-7-5-6-8-13(12)16(19)22;1-9(2,3)13-8(12)7-11(4)6-5-10;1-2-3;2*1-3-2/h5-8H,9-11H2,1-4H3;5-7,10H2,1-4H3;2-3H,1H2;;. The van der Waals surface area contributed by atoms with Gasteiger partial charge in [0.15, 0.2) is 0 Å². The molecule has 0 radical (unpaired) electrons. The first-order valence-corrected chi connectivity index (χ1v) is 14.5. The van der Waals surface area contributed by atoms with Crippen molar-refractivity contribution in [1.82, 2.24) is 20.3 Å². The van der Waals surface area contributed by atoms with E-state index in [1.165, 1.54) is 10.5 Å². The summed E-state index contributed by atoms with van der Waals surface area (Å²) in [6, 6.07) is 6.78. The topological polar surface area (TPSA) is 249 Å². The van der Waals surface area contributed by atoms with Crippen LogP contribution in [-0.2, 0) is 42.2 Å². The van der Waals surface area contributed by atoms with E-state index in [0.717, 1.165) is 0 Å². The minimum absolute atomic E-state index is 0.112. The minimum atomic E-state index is -0.750. The fourth-order valence-electron chi connectivity index (χ4n) is 3.28. The van der Waals surface area contributed by atoms with Crippen molar-refractivity contribution in [3.05, 3.63) is 35.4 Å². The molecule has 0 bridgehead atoms. The van der Waals surface area contributed by atoms with Crippen molar-refractivity contribution < 1.29 is 50.7 Å².